The summed E-state index contributed by atoms with van der Waals surface area (Å²) in [6.45, 7) is 2.58. The van der Waals surface area contributed by atoms with Gasteiger partial charge in [-0.05, 0) is 79.4 Å². The lowest BCUT2D eigenvalue weighted by Gasteiger charge is -2.25. The molecule has 0 fully saturated rings. The third kappa shape index (κ3) is 4.25. The normalized spacial score (nSPS) is 15.3. The van der Waals surface area contributed by atoms with E-state index in [0.717, 1.165) is 29.7 Å². The fraction of sp³-hybridized carbons (Fsp3) is 0.172. The number of fused-ring (bicyclic) bond motifs is 1. The Hall–Kier alpha value is -4.12. The maximum Gasteiger partial charge on any atom is 0.258 e. The van der Waals surface area contributed by atoms with E-state index in [1.807, 2.05) is 60.4 Å². The Labute approximate surface area is 199 Å². The molecule has 2 heterocycles. The number of aryl methyl sites for hydroxylation is 1. The van der Waals surface area contributed by atoms with Crippen molar-refractivity contribution in [2.24, 2.45) is 0 Å². The van der Waals surface area contributed by atoms with Gasteiger partial charge in [-0.15, -0.1) is 0 Å². The first kappa shape index (κ1) is 21.7. The molecule has 170 valence electrons. The van der Waals surface area contributed by atoms with Gasteiger partial charge in [-0.3, -0.25) is 9.59 Å². The number of benzene rings is 3. The highest BCUT2D eigenvalue weighted by molar-refractivity contribution is 6.08. The van der Waals surface area contributed by atoms with Crippen LogP contribution in [0.4, 0.5) is 11.4 Å². The molecule has 5 heteroatoms. The van der Waals surface area contributed by atoms with Gasteiger partial charge in [0.2, 0.25) is 0 Å². The summed E-state index contributed by atoms with van der Waals surface area (Å²) in [5, 5.41) is 2.93. The number of hydrogen-bond donors (Lipinski definition) is 1. The quantitative estimate of drug-likeness (QED) is 0.411. The van der Waals surface area contributed by atoms with Crippen LogP contribution in [0.25, 0.3) is 0 Å². The van der Waals surface area contributed by atoms with Gasteiger partial charge in [0, 0.05) is 41.4 Å². The molecule has 0 bridgehead atoms. The molecule has 0 aliphatic carbocycles. The van der Waals surface area contributed by atoms with E-state index in [1.165, 1.54) is 0 Å². The molecule has 0 saturated heterocycles. The highest BCUT2D eigenvalue weighted by Crippen LogP contribution is 2.36. The summed E-state index contributed by atoms with van der Waals surface area (Å²) in [6, 6.07) is 27.1. The van der Waals surface area contributed by atoms with Crippen molar-refractivity contribution in [3.63, 3.8) is 0 Å². The minimum atomic E-state index is -0.158. The van der Waals surface area contributed by atoms with Gasteiger partial charge < -0.3 is 14.8 Å². The Morgan fingerprint density at radius 1 is 0.853 bits per heavy atom. The highest BCUT2D eigenvalue weighted by Gasteiger charge is 2.27. The van der Waals surface area contributed by atoms with E-state index < -0.39 is 0 Å². The Kier molecular flexibility index (Phi) is 6.00. The van der Waals surface area contributed by atoms with Gasteiger partial charge in [0.05, 0.1) is 6.04 Å². The maximum atomic E-state index is 13.5. The van der Waals surface area contributed by atoms with E-state index in [2.05, 4.69) is 28.3 Å². The van der Waals surface area contributed by atoms with Crippen LogP contribution in [-0.4, -0.2) is 22.9 Å². The van der Waals surface area contributed by atoms with Gasteiger partial charge >= 0.3 is 0 Å². The molecule has 0 spiro atoms. The van der Waals surface area contributed by atoms with Gasteiger partial charge in [-0.25, -0.2) is 0 Å². The second-order valence-electron chi connectivity index (χ2n) is 8.65. The van der Waals surface area contributed by atoms with Gasteiger partial charge in [0.25, 0.3) is 11.8 Å². The van der Waals surface area contributed by atoms with E-state index in [0.29, 0.717) is 23.4 Å². The zero-order valence-electron chi connectivity index (χ0n) is 19.1. The lowest BCUT2D eigenvalue weighted by Crippen LogP contribution is -2.31. The second kappa shape index (κ2) is 9.40. The SMILES string of the molecule is Cc1ccccc1C(=O)Nc1ccc(C(=O)N2CCCC(n3cccc3)c3ccccc32)cc1. The smallest absolute Gasteiger partial charge is 0.258 e. The molecule has 0 radical (unpaired) electrons. The molecule has 3 aromatic carbocycles. The summed E-state index contributed by atoms with van der Waals surface area (Å²) in [4.78, 5) is 28.0. The number of rotatable bonds is 4. The lowest BCUT2D eigenvalue weighted by atomic mass is 10.0. The Morgan fingerprint density at radius 2 is 1.56 bits per heavy atom. The molecule has 4 aromatic rings. The second-order valence-corrected chi connectivity index (χ2v) is 8.65. The largest absolute Gasteiger partial charge is 0.347 e. The third-order valence-corrected chi connectivity index (χ3v) is 6.46. The van der Waals surface area contributed by atoms with Gasteiger partial charge in [0.1, 0.15) is 0 Å². The topological polar surface area (TPSA) is 54.3 Å². The average molecular weight is 450 g/mol. The van der Waals surface area contributed by atoms with Crippen molar-refractivity contribution in [1.82, 2.24) is 4.57 Å². The van der Waals surface area contributed by atoms with Gasteiger partial charge in [-0.2, -0.15) is 0 Å². The van der Waals surface area contributed by atoms with Crippen molar-refractivity contribution in [1.29, 1.82) is 0 Å². The molecule has 2 amide bonds. The van der Waals surface area contributed by atoms with Gasteiger partial charge in [0.15, 0.2) is 0 Å². The molecule has 5 rings (SSSR count). The summed E-state index contributed by atoms with van der Waals surface area (Å²) >= 11 is 0. The minimum Gasteiger partial charge on any atom is -0.347 e. The summed E-state index contributed by atoms with van der Waals surface area (Å²) < 4.78 is 2.22. The fourth-order valence-corrected chi connectivity index (χ4v) is 4.69. The lowest BCUT2D eigenvalue weighted by molar-refractivity contribution is 0.0985. The number of amides is 2. The Morgan fingerprint density at radius 3 is 2.32 bits per heavy atom. The predicted molar refractivity (Wildman–Crippen MR) is 135 cm³/mol. The Bertz CT molecular complexity index is 1310. The molecule has 1 aromatic heterocycles. The number of hydrogen-bond acceptors (Lipinski definition) is 2. The molecule has 0 saturated carbocycles. The van der Waals surface area contributed by atoms with Crippen molar-refractivity contribution in [2.45, 2.75) is 25.8 Å². The molecule has 5 nitrogen and oxygen atoms in total. The molecular weight excluding hydrogens is 422 g/mol. The minimum absolute atomic E-state index is 0.0302. The summed E-state index contributed by atoms with van der Waals surface area (Å²) in [6.07, 6.45) is 6.05. The van der Waals surface area contributed by atoms with Crippen LogP contribution in [0.5, 0.6) is 0 Å². The molecule has 1 aliphatic heterocycles. The maximum absolute atomic E-state index is 13.5. The zero-order chi connectivity index (χ0) is 23.5. The van der Waals surface area contributed by atoms with Crippen molar-refractivity contribution in [3.8, 4) is 0 Å². The van der Waals surface area contributed by atoms with Crippen LogP contribution in [-0.2, 0) is 0 Å². The number of nitrogens with one attached hydrogen (secondary N) is 1. The van der Waals surface area contributed by atoms with E-state index in [9.17, 15) is 9.59 Å². The van der Waals surface area contributed by atoms with Crippen molar-refractivity contribution >= 4 is 23.2 Å². The molecular formula is C29H27N3O2. The Balaban J connectivity index is 1.37. The van der Waals surface area contributed by atoms with Crippen LogP contribution >= 0.6 is 0 Å². The first-order chi connectivity index (χ1) is 16.6. The van der Waals surface area contributed by atoms with Crippen molar-refractivity contribution in [2.75, 3.05) is 16.8 Å². The number of nitrogens with zero attached hydrogens (tertiary/aromatic N) is 2. The van der Waals surface area contributed by atoms with E-state index in [4.69, 9.17) is 0 Å². The van der Waals surface area contributed by atoms with Crippen LogP contribution in [0.1, 0.15) is 50.7 Å². The molecule has 34 heavy (non-hydrogen) atoms. The first-order valence-corrected chi connectivity index (χ1v) is 11.6. The zero-order valence-corrected chi connectivity index (χ0v) is 19.1. The van der Waals surface area contributed by atoms with E-state index in [-0.39, 0.29) is 17.9 Å². The van der Waals surface area contributed by atoms with Crippen LogP contribution in [0.3, 0.4) is 0 Å². The van der Waals surface area contributed by atoms with Crippen molar-refractivity contribution < 1.29 is 9.59 Å². The number of carbonyl (C=O) groups excluding carboxylic acids is 2. The number of para-hydroxylation sites is 1. The van der Waals surface area contributed by atoms with Crippen LogP contribution in [0.2, 0.25) is 0 Å². The van der Waals surface area contributed by atoms with E-state index in [1.54, 1.807) is 30.3 Å². The summed E-state index contributed by atoms with van der Waals surface area (Å²) in [5.41, 5.74) is 4.94. The molecule has 1 aliphatic rings. The fourth-order valence-electron chi connectivity index (χ4n) is 4.69. The molecule has 1 unspecified atom stereocenters. The van der Waals surface area contributed by atoms with Gasteiger partial charge in [-0.1, -0.05) is 36.4 Å². The average Bonchev–Trinajstić information content (AvgIpc) is 3.32. The standard InChI is InChI=1S/C29H27N3O2/c1-21-9-2-3-10-24(21)28(33)30-23-16-14-22(15-17-23)29(34)32-20-8-13-26(31-18-6-7-19-31)25-11-4-5-12-27(25)32/h2-7,9-12,14-19,26H,8,13,20H2,1H3,(H,30,33). The van der Waals surface area contributed by atoms with Crippen LogP contribution in [0.15, 0.2) is 97.3 Å². The number of carbonyl (C=O) groups is 2. The molecule has 1 N–H and O–H groups in total. The summed E-state index contributed by atoms with van der Waals surface area (Å²) in [7, 11) is 0. The van der Waals surface area contributed by atoms with Crippen molar-refractivity contribution in [3.05, 3.63) is 120 Å². The first-order valence-electron chi connectivity index (χ1n) is 11.6. The van der Waals surface area contributed by atoms with Crippen LogP contribution < -0.4 is 10.2 Å². The molecule has 1 atom stereocenters. The van der Waals surface area contributed by atoms with Crippen LogP contribution in [0, 0.1) is 6.92 Å². The summed E-state index contributed by atoms with van der Waals surface area (Å²) in [5.74, 6) is -0.188. The third-order valence-electron chi connectivity index (χ3n) is 6.46. The van der Waals surface area contributed by atoms with E-state index >= 15 is 0 Å². The number of aromatic nitrogens is 1. The predicted octanol–water partition coefficient (Wildman–Crippen LogP) is 6.08. The number of anilines is 2. The highest BCUT2D eigenvalue weighted by atomic mass is 16.2. The monoisotopic (exact) mass is 449 g/mol.